The molecule has 0 saturated carbocycles. The Hall–Kier alpha value is -2.37. The Bertz CT molecular complexity index is 690. The summed E-state index contributed by atoms with van der Waals surface area (Å²) in [7, 11) is 3.20. The Balaban J connectivity index is 2.72. The van der Waals surface area contributed by atoms with Crippen LogP contribution in [0.25, 0.3) is 5.57 Å². The molecule has 0 fully saturated rings. The normalized spacial score (nSPS) is 12.7. The summed E-state index contributed by atoms with van der Waals surface area (Å²) in [6.07, 6.45) is 1.83. The van der Waals surface area contributed by atoms with Gasteiger partial charge in [-0.25, -0.2) is 0 Å². The van der Waals surface area contributed by atoms with E-state index in [4.69, 9.17) is 20.0 Å². The minimum atomic E-state index is 0.102. The van der Waals surface area contributed by atoms with Crippen LogP contribution >= 0.6 is 11.8 Å². The molecule has 1 aromatic rings. The van der Waals surface area contributed by atoms with E-state index in [1.807, 2.05) is 37.3 Å². The van der Waals surface area contributed by atoms with E-state index in [2.05, 4.69) is 0 Å². The highest BCUT2D eigenvalue weighted by molar-refractivity contribution is 8.03. The summed E-state index contributed by atoms with van der Waals surface area (Å²) < 4.78 is 10.7. The van der Waals surface area contributed by atoms with E-state index in [1.165, 1.54) is 11.8 Å². The second-order valence-corrected chi connectivity index (χ2v) is 5.12. The van der Waals surface area contributed by atoms with Crippen molar-refractivity contribution >= 4 is 17.3 Å². The summed E-state index contributed by atoms with van der Waals surface area (Å²) in [5.41, 5.74) is 1.98. The molecule has 1 aromatic carbocycles. The van der Waals surface area contributed by atoms with Crippen LogP contribution in [0.5, 0.6) is 11.5 Å². The van der Waals surface area contributed by atoms with Crippen LogP contribution in [0.4, 0.5) is 0 Å². The summed E-state index contributed by atoms with van der Waals surface area (Å²) in [5.74, 6) is 1.45. The predicted octanol–water partition coefficient (Wildman–Crippen LogP) is 3.51. The third kappa shape index (κ3) is 2.24. The van der Waals surface area contributed by atoms with Crippen LogP contribution < -0.4 is 9.47 Å². The first kappa shape index (κ1) is 14.0. The number of nitrogens with zero attached hydrogens (tertiary/aromatic N) is 2. The molecule has 0 amide bonds. The topological polar surface area (TPSA) is 66.0 Å². The fourth-order valence-corrected chi connectivity index (χ4v) is 3.28. The Kier molecular flexibility index (Phi) is 4.02. The van der Waals surface area contributed by atoms with Crippen molar-refractivity contribution in [3.05, 3.63) is 34.3 Å². The van der Waals surface area contributed by atoms with Crippen molar-refractivity contribution in [1.29, 1.82) is 10.5 Å². The van der Waals surface area contributed by atoms with Crippen LogP contribution in [-0.4, -0.2) is 14.2 Å². The first-order valence-corrected chi connectivity index (χ1v) is 6.63. The molecule has 0 unspecified atom stereocenters. The molecule has 20 heavy (non-hydrogen) atoms. The van der Waals surface area contributed by atoms with E-state index in [0.717, 1.165) is 21.8 Å². The molecule has 4 nitrogen and oxygen atoms in total. The molecule has 0 saturated heterocycles. The van der Waals surface area contributed by atoms with E-state index in [9.17, 15) is 0 Å². The minimum absolute atomic E-state index is 0.102. The van der Waals surface area contributed by atoms with Crippen LogP contribution in [0.1, 0.15) is 12.5 Å². The molecule has 1 heterocycles. The highest BCUT2D eigenvalue weighted by atomic mass is 32.2. The molecule has 0 bridgehead atoms. The van der Waals surface area contributed by atoms with Gasteiger partial charge in [-0.1, -0.05) is 11.8 Å². The number of fused-ring (bicyclic) bond motifs is 1. The molecule has 0 aliphatic carbocycles. The Morgan fingerprint density at radius 3 is 2.25 bits per heavy atom. The van der Waals surface area contributed by atoms with Gasteiger partial charge in [0.25, 0.3) is 0 Å². The number of ether oxygens (including phenoxy) is 2. The zero-order valence-electron chi connectivity index (χ0n) is 11.4. The molecule has 5 heteroatoms. The Morgan fingerprint density at radius 1 is 1.10 bits per heavy atom. The Morgan fingerprint density at radius 2 is 1.70 bits per heavy atom. The fraction of sp³-hybridized carbons (Fsp3) is 0.200. The second-order valence-electron chi connectivity index (χ2n) is 4.07. The third-order valence-electron chi connectivity index (χ3n) is 2.95. The van der Waals surface area contributed by atoms with Crippen molar-refractivity contribution in [1.82, 2.24) is 0 Å². The predicted molar refractivity (Wildman–Crippen MR) is 77.3 cm³/mol. The number of thioether (sulfide) groups is 1. The van der Waals surface area contributed by atoms with Gasteiger partial charge in [-0.15, -0.1) is 0 Å². The summed E-state index contributed by atoms with van der Waals surface area (Å²) in [4.78, 5) is 1.50. The monoisotopic (exact) mass is 284 g/mol. The van der Waals surface area contributed by atoms with Gasteiger partial charge in [-0.3, -0.25) is 0 Å². The van der Waals surface area contributed by atoms with Crippen LogP contribution in [-0.2, 0) is 0 Å². The van der Waals surface area contributed by atoms with E-state index in [1.54, 1.807) is 14.2 Å². The number of rotatable bonds is 2. The number of allylic oxidation sites excluding steroid dienone is 3. The maximum atomic E-state index is 9.01. The van der Waals surface area contributed by atoms with Crippen molar-refractivity contribution in [2.75, 3.05) is 14.2 Å². The summed E-state index contributed by atoms with van der Waals surface area (Å²) >= 11 is 1.35. The van der Waals surface area contributed by atoms with Gasteiger partial charge in [0.05, 0.1) is 19.1 Å². The van der Waals surface area contributed by atoms with E-state index < -0.39 is 0 Å². The SMILES string of the molecule is COc1ccc(OC)c2c1SC(=C(C#N)C#N)C=C2C. The maximum Gasteiger partial charge on any atom is 0.143 e. The van der Waals surface area contributed by atoms with Crippen LogP contribution in [0.15, 0.2) is 33.6 Å². The number of hydrogen-bond acceptors (Lipinski definition) is 5. The molecule has 1 aliphatic rings. The number of benzene rings is 1. The summed E-state index contributed by atoms with van der Waals surface area (Å²) in [5, 5.41) is 18.0. The first-order chi connectivity index (χ1) is 9.65. The second kappa shape index (κ2) is 5.73. The van der Waals surface area contributed by atoms with Crippen LogP contribution in [0.3, 0.4) is 0 Å². The molecular formula is C15H12N2O2S. The van der Waals surface area contributed by atoms with Crippen LogP contribution in [0.2, 0.25) is 0 Å². The lowest BCUT2D eigenvalue weighted by Crippen LogP contribution is -2.00. The molecule has 2 rings (SSSR count). The van der Waals surface area contributed by atoms with Crippen molar-refractivity contribution in [2.24, 2.45) is 0 Å². The molecule has 0 atom stereocenters. The largest absolute Gasteiger partial charge is 0.496 e. The highest BCUT2D eigenvalue weighted by Gasteiger charge is 2.23. The van der Waals surface area contributed by atoms with E-state index in [0.29, 0.717) is 10.7 Å². The zero-order valence-corrected chi connectivity index (χ0v) is 12.2. The van der Waals surface area contributed by atoms with Crippen molar-refractivity contribution in [3.8, 4) is 23.6 Å². The van der Waals surface area contributed by atoms with Gasteiger partial charge in [-0.2, -0.15) is 10.5 Å². The quantitative estimate of drug-likeness (QED) is 0.777. The van der Waals surface area contributed by atoms with Crippen molar-refractivity contribution < 1.29 is 9.47 Å². The van der Waals surface area contributed by atoms with Gasteiger partial charge >= 0.3 is 0 Å². The molecule has 0 radical (unpaired) electrons. The maximum absolute atomic E-state index is 9.01. The molecule has 100 valence electrons. The molecule has 0 aromatic heterocycles. The lowest BCUT2D eigenvalue weighted by Gasteiger charge is -2.21. The lowest BCUT2D eigenvalue weighted by molar-refractivity contribution is 0.393. The lowest BCUT2D eigenvalue weighted by atomic mass is 10.0. The smallest absolute Gasteiger partial charge is 0.143 e. The van der Waals surface area contributed by atoms with Gasteiger partial charge in [0.2, 0.25) is 0 Å². The van der Waals surface area contributed by atoms with Crippen molar-refractivity contribution in [3.63, 3.8) is 0 Å². The summed E-state index contributed by atoms with van der Waals surface area (Å²) in [6.45, 7) is 1.92. The van der Waals surface area contributed by atoms with Gasteiger partial charge in [0, 0.05) is 10.5 Å². The standard InChI is InChI=1S/C15H12N2O2S/c1-9-6-13(10(7-16)8-17)20-15-12(19-3)5-4-11(18-2)14(9)15/h4-6H,1-3H3. The highest BCUT2D eigenvalue weighted by Crippen LogP contribution is 2.49. The average molecular weight is 284 g/mol. The van der Waals surface area contributed by atoms with Gasteiger partial charge in [0.15, 0.2) is 0 Å². The number of methoxy groups -OCH3 is 2. The average Bonchev–Trinajstić information content (AvgIpc) is 2.47. The third-order valence-corrected chi connectivity index (χ3v) is 4.10. The fourth-order valence-electron chi connectivity index (χ4n) is 2.02. The van der Waals surface area contributed by atoms with Crippen molar-refractivity contribution in [2.45, 2.75) is 11.8 Å². The molecule has 1 aliphatic heterocycles. The molecule has 0 spiro atoms. The molecule has 0 N–H and O–H groups in total. The first-order valence-electron chi connectivity index (χ1n) is 5.82. The zero-order chi connectivity index (χ0) is 14.7. The number of hydrogen-bond donors (Lipinski definition) is 0. The number of nitriles is 2. The van der Waals surface area contributed by atoms with Gasteiger partial charge in [-0.05, 0) is 30.7 Å². The molecular weight excluding hydrogens is 272 g/mol. The Labute approximate surface area is 121 Å². The van der Waals surface area contributed by atoms with Gasteiger partial charge < -0.3 is 9.47 Å². The summed E-state index contributed by atoms with van der Waals surface area (Å²) in [6, 6.07) is 7.51. The van der Waals surface area contributed by atoms with Gasteiger partial charge in [0.1, 0.15) is 29.2 Å². The van der Waals surface area contributed by atoms with E-state index in [-0.39, 0.29) is 5.57 Å². The minimum Gasteiger partial charge on any atom is -0.496 e. The van der Waals surface area contributed by atoms with Crippen LogP contribution in [0, 0.1) is 22.7 Å². The van der Waals surface area contributed by atoms with E-state index >= 15 is 0 Å².